The van der Waals surface area contributed by atoms with E-state index in [0.29, 0.717) is 5.56 Å². The minimum atomic E-state index is -4.38. The van der Waals surface area contributed by atoms with Crippen LogP contribution in [0.4, 0.5) is 17.6 Å². The molecule has 0 N–H and O–H groups in total. The Balaban J connectivity index is 2.04. The van der Waals surface area contributed by atoms with Crippen LogP contribution in [-0.4, -0.2) is 5.78 Å². The molecule has 22 heavy (non-hydrogen) atoms. The summed E-state index contributed by atoms with van der Waals surface area (Å²) in [5, 5.41) is 0. The second kappa shape index (κ2) is 6.17. The number of ketones is 1. The highest BCUT2D eigenvalue weighted by Crippen LogP contribution is 2.29. The van der Waals surface area contributed by atoms with E-state index in [1.54, 1.807) is 0 Å². The Morgan fingerprint density at radius 3 is 2.23 bits per heavy atom. The molecule has 0 bridgehead atoms. The summed E-state index contributed by atoms with van der Waals surface area (Å²) in [5.41, 5.74) is -0.265. The van der Waals surface area contributed by atoms with E-state index in [0.717, 1.165) is 18.2 Å². The maximum Gasteiger partial charge on any atom is 0.416 e. The molecule has 0 amide bonds. The molecule has 2 aromatic carbocycles. The lowest BCUT2D eigenvalue weighted by Gasteiger charge is -2.09. The van der Waals surface area contributed by atoms with Gasteiger partial charge in [-0.05, 0) is 36.8 Å². The first-order valence-corrected chi connectivity index (χ1v) is 6.37. The van der Waals surface area contributed by atoms with Crippen molar-refractivity contribution in [2.24, 2.45) is 0 Å². The number of benzene rings is 2. The van der Waals surface area contributed by atoms with Crippen LogP contribution in [-0.2, 0) is 12.8 Å². The average molecular weight is 312 g/mol. The lowest BCUT2D eigenvalue weighted by Crippen LogP contribution is -2.05. The number of hydrogen-bond acceptors (Lipinski definition) is 2. The van der Waals surface area contributed by atoms with Crippen LogP contribution in [0.15, 0.2) is 42.5 Å². The fourth-order valence-corrected chi connectivity index (χ4v) is 1.83. The van der Waals surface area contributed by atoms with Crippen LogP contribution in [0.2, 0.25) is 0 Å². The second-order valence-corrected chi connectivity index (χ2v) is 4.68. The lowest BCUT2D eigenvalue weighted by molar-refractivity contribution is -0.137. The number of carbonyl (C=O) groups excluding carboxylic acids is 1. The Morgan fingerprint density at radius 1 is 1.09 bits per heavy atom. The maximum absolute atomic E-state index is 13.6. The highest BCUT2D eigenvalue weighted by atomic mass is 19.4. The van der Waals surface area contributed by atoms with Gasteiger partial charge in [-0.2, -0.15) is 13.2 Å². The summed E-state index contributed by atoms with van der Waals surface area (Å²) in [4.78, 5) is 11.1. The standard InChI is InChI=1S/C16H12F4O2/c1-10(21)14-7-6-13(8-15(14)17)22-9-11-2-4-12(5-3-11)16(18,19)20/h2-8H,9H2,1H3. The van der Waals surface area contributed by atoms with Crippen molar-refractivity contribution in [3.8, 4) is 5.75 Å². The van der Waals surface area contributed by atoms with Gasteiger partial charge >= 0.3 is 6.18 Å². The molecule has 0 aliphatic rings. The van der Waals surface area contributed by atoms with Crippen LogP contribution in [0.3, 0.4) is 0 Å². The number of ether oxygens (including phenoxy) is 1. The Labute approximate surface area is 124 Å². The van der Waals surface area contributed by atoms with Crippen LogP contribution in [0.25, 0.3) is 0 Å². The topological polar surface area (TPSA) is 26.3 Å². The molecule has 116 valence electrons. The van der Waals surface area contributed by atoms with Crippen molar-refractivity contribution in [3.63, 3.8) is 0 Å². The molecule has 0 radical (unpaired) electrons. The summed E-state index contributed by atoms with van der Waals surface area (Å²) in [6, 6.07) is 8.31. The molecular weight excluding hydrogens is 300 g/mol. The number of carbonyl (C=O) groups is 1. The van der Waals surface area contributed by atoms with Crippen molar-refractivity contribution in [1.82, 2.24) is 0 Å². The Bertz CT molecular complexity index is 676. The molecule has 6 heteroatoms. The zero-order chi connectivity index (χ0) is 16.3. The van der Waals surface area contributed by atoms with E-state index >= 15 is 0 Å². The fourth-order valence-electron chi connectivity index (χ4n) is 1.83. The Hall–Kier alpha value is -2.37. The third-order valence-corrected chi connectivity index (χ3v) is 3.01. The van der Waals surface area contributed by atoms with Crippen molar-refractivity contribution in [2.75, 3.05) is 0 Å². The van der Waals surface area contributed by atoms with E-state index in [9.17, 15) is 22.4 Å². The average Bonchev–Trinajstić information content (AvgIpc) is 2.44. The molecule has 0 spiro atoms. The van der Waals surface area contributed by atoms with Gasteiger partial charge in [0.15, 0.2) is 5.78 Å². The number of halogens is 4. The number of hydrogen-bond donors (Lipinski definition) is 0. The lowest BCUT2D eigenvalue weighted by atomic mass is 10.1. The molecule has 0 saturated carbocycles. The highest BCUT2D eigenvalue weighted by Gasteiger charge is 2.29. The first-order valence-electron chi connectivity index (χ1n) is 6.37. The van der Waals surface area contributed by atoms with Crippen molar-refractivity contribution in [1.29, 1.82) is 0 Å². The third-order valence-electron chi connectivity index (χ3n) is 3.01. The third kappa shape index (κ3) is 3.84. The van der Waals surface area contributed by atoms with Gasteiger partial charge in [-0.3, -0.25) is 4.79 Å². The maximum atomic E-state index is 13.6. The molecule has 2 rings (SSSR count). The van der Waals surface area contributed by atoms with Crippen molar-refractivity contribution >= 4 is 5.78 Å². The summed E-state index contributed by atoms with van der Waals surface area (Å²) in [5.74, 6) is -0.897. The van der Waals surface area contributed by atoms with E-state index in [4.69, 9.17) is 4.74 Å². The molecule has 0 unspecified atom stereocenters. The van der Waals surface area contributed by atoms with E-state index in [2.05, 4.69) is 0 Å². The van der Waals surface area contributed by atoms with Crippen molar-refractivity contribution in [3.05, 3.63) is 65.0 Å². The van der Waals surface area contributed by atoms with E-state index in [1.807, 2.05) is 0 Å². The SMILES string of the molecule is CC(=O)c1ccc(OCc2ccc(C(F)(F)F)cc2)cc1F. The molecule has 2 aromatic rings. The van der Waals surface area contributed by atoms with Crippen LogP contribution in [0.1, 0.15) is 28.4 Å². The highest BCUT2D eigenvalue weighted by molar-refractivity contribution is 5.94. The predicted octanol–water partition coefficient (Wildman–Crippen LogP) is 4.63. The van der Waals surface area contributed by atoms with Crippen molar-refractivity contribution < 1.29 is 27.1 Å². The van der Waals surface area contributed by atoms with Crippen LogP contribution >= 0.6 is 0 Å². The molecule has 2 nitrogen and oxygen atoms in total. The zero-order valence-corrected chi connectivity index (χ0v) is 11.6. The van der Waals surface area contributed by atoms with E-state index in [1.165, 1.54) is 31.2 Å². The molecule has 0 aromatic heterocycles. The normalized spacial score (nSPS) is 11.3. The monoisotopic (exact) mass is 312 g/mol. The number of rotatable bonds is 4. The predicted molar refractivity (Wildman–Crippen MR) is 72.2 cm³/mol. The molecule has 0 atom stereocenters. The zero-order valence-electron chi connectivity index (χ0n) is 11.6. The number of alkyl halides is 3. The Morgan fingerprint density at radius 2 is 1.73 bits per heavy atom. The first-order chi connectivity index (χ1) is 10.3. The minimum Gasteiger partial charge on any atom is -0.489 e. The summed E-state index contributed by atoms with van der Waals surface area (Å²) in [6.07, 6.45) is -4.38. The summed E-state index contributed by atoms with van der Waals surface area (Å²) >= 11 is 0. The van der Waals surface area contributed by atoms with Gasteiger partial charge in [0.05, 0.1) is 11.1 Å². The number of Topliss-reactive ketones (excluding diaryl/α,β-unsaturated/α-hetero) is 1. The summed E-state index contributed by atoms with van der Waals surface area (Å²) in [6.45, 7) is 1.25. The summed E-state index contributed by atoms with van der Waals surface area (Å²) in [7, 11) is 0. The molecule has 0 heterocycles. The van der Waals surface area contributed by atoms with Gasteiger partial charge in [0.25, 0.3) is 0 Å². The Kier molecular flexibility index (Phi) is 4.49. The van der Waals surface area contributed by atoms with Gasteiger partial charge in [-0.25, -0.2) is 4.39 Å². The quantitative estimate of drug-likeness (QED) is 0.608. The molecule has 0 aliphatic carbocycles. The van der Waals surface area contributed by atoms with E-state index in [-0.39, 0.29) is 17.9 Å². The minimum absolute atomic E-state index is 0.00298. The van der Waals surface area contributed by atoms with Gasteiger partial charge in [-0.1, -0.05) is 12.1 Å². The van der Waals surface area contributed by atoms with Crippen LogP contribution in [0, 0.1) is 5.82 Å². The van der Waals surface area contributed by atoms with Crippen molar-refractivity contribution in [2.45, 2.75) is 19.7 Å². The van der Waals surface area contributed by atoms with Crippen LogP contribution < -0.4 is 4.74 Å². The fraction of sp³-hybridized carbons (Fsp3) is 0.188. The first kappa shape index (κ1) is 16.0. The van der Waals surface area contributed by atoms with Gasteiger partial charge in [0.1, 0.15) is 18.2 Å². The van der Waals surface area contributed by atoms with Gasteiger partial charge in [0.2, 0.25) is 0 Å². The van der Waals surface area contributed by atoms with Crippen LogP contribution in [0.5, 0.6) is 5.75 Å². The second-order valence-electron chi connectivity index (χ2n) is 4.68. The largest absolute Gasteiger partial charge is 0.489 e. The van der Waals surface area contributed by atoms with Gasteiger partial charge < -0.3 is 4.74 Å². The molecular formula is C16H12F4O2. The van der Waals surface area contributed by atoms with Gasteiger partial charge in [-0.15, -0.1) is 0 Å². The molecule has 0 saturated heterocycles. The van der Waals surface area contributed by atoms with Gasteiger partial charge in [0, 0.05) is 6.07 Å². The summed E-state index contributed by atoms with van der Waals surface area (Å²) < 4.78 is 56.1. The molecule has 0 aliphatic heterocycles. The smallest absolute Gasteiger partial charge is 0.416 e. The molecule has 0 fully saturated rings. The van der Waals surface area contributed by atoms with E-state index < -0.39 is 23.3 Å².